The molecule has 1 atom stereocenters. The molecular formula is C8H12BrN3O2. The zero-order valence-electron chi connectivity index (χ0n) is 7.77. The highest BCUT2D eigenvalue weighted by atomic mass is 79.9. The van der Waals surface area contributed by atoms with Gasteiger partial charge >= 0.3 is 0 Å². The van der Waals surface area contributed by atoms with Crippen LogP contribution in [0.1, 0.15) is 13.0 Å². The lowest BCUT2D eigenvalue weighted by atomic mass is 10.3. The van der Waals surface area contributed by atoms with E-state index >= 15 is 0 Å². The highest BCUT2D eigenvalue weighted by Gasteiger charge is 2.14. The standard InChI is InChI=1S/C8H12BrN3O2/c1-6(8(14)10-2-3-13)12-5-7(9)4-11-12/h4-6,13H,2-3H2,1H3,(H,10,14). The Bertz CT molecular complexity index is 313. The van der Waals surface area contributed by atoms with Gasteiger partial charge < -0.3 is 10.4 Å². The van der Waals surface area contributed by atoms with Crippen LogP contribution < -0.4 is 5.32 Å². The third-order valence-corrected chi connectivity index (χ3v) is 2.17. The molecule has 1 rings (SSSR count). The largest absolute Gasteiger partial charge is 0.395 e. The van der Waals surface area contributed by atoms with Crippen molar-refractivity contribution in [1.82, 2.24) is 15.1 Å². The second-order valence-corrected chi connectivity index (χ2v) is 3.74. The van der Waals surface area contributed by atoms with Gasteiger partial charge in [0.25, 0.3) is 0 Å². The molecule has 0 bridgehead atoms. The summed E-state index contributed by atoms with van der Waals surface area (Å²) in [6.45, 7) is 1.96. The van der Waals surface area contributed by atoms with Crippen LogP contribution in [0, 0.1) is 0 Å². The molecule has 1 unspecified atom stereocenters. The van der Waals surface area contributed by atoms with E-state index in [0.717, 1.165) is 4.47 Å². The number of aliphatic hydroxyl groups excluding tert-OH is 1. The molecule has 0 saturated carbocycles. The van der Waals surface area contributed by atoms with Crippen LogP contribution >= 0.6 is 15.9 Å². The Hall–Kier alpha value is -0.880. The molecule has 14 heavy (non-hydrogen) atoms. The quantitative estimate of drug-likeness (QED) is 0.820. The molecule has 1 amide bonds. The van der Waals surface area contributed by atoms with Gasteiger partial charge in [-0.05, 0) is 22.9 Å². The first-order valence-electron chi connectivity index (χ1n) is 4.23. The van der Waals surface area contributed by atoms with Crippen molar-refractivity contribution >= 4 is 21.8 Å². The summed E-state index contributed by atoms with van der Waals surface area (Å²) >= 11 is 3.25. The minimum absolute atomic E-state index is 0.0543. The lowest BCUT2D eigenvalue weighted by Gasteiger charge is -2.11. The Morgan fingerprint density at radius 3 is 3.07 bits per heavy atom. The molecule has 0 fully saturated rings. The van der Waals surface area contributed by atoms with Crippen molar-refractivity contribution in [3.05, 3.63) is 16.9 Å². The van der Waals surface area contributed by atoms with E-state index in [4.69, 9.17) is 5.11 Å². The van der Waals surface area contributed by atoms with E-state index in [9.17, 15) is 4.79 Å². The lowest BCUT2D eigenvalue weighted by molar-refractivity contribution is -0.124. The molecule has 0 aliphatic heterocycles. The van der Waals surface area contributed by atoms with Crippen LogP contribution in [0.5, 0.6) is 0 Å². The van der Waals surface area contributed by atoms with Crippen molar-refractivity contribution in [3.8, 4) is 0 Å². The Morgan fingerprint density at radius 1 is 1.86 bits per heavy atom. The van der Waals surface area contributed by atoms with E-state index in [0.29, 0.717) is 0 Å². The van der Waals surface area contributed by atoms with E-state index in [2.05, 4.69) is 26.3 Å². The first kappa shape index (κ1) is 11.2. The Balaban J connectivity index is 2.56. The van der Waals surface area contributed by atoms with Crippen LogP contribution in [0.2, 0.25) is 0 Å². The maximum absolute atomic E-state index is 11.4. The third-order valence-electron chi connectivity index (χ3n) is 1.76. The summed E-state index contributed by atoms with van der Waals surface area (Å²) in [5.41, 5.74) is 0. The number of aliphatic hydroxyl groups is 1. The third kappa shape index (κ3) is 2.81. The number of nitrogens with zero attached hydrogens (tertiary/aromatic N) is 2. The molecule has 1 aromatic rings. The highest BCUT2D eigenvalue weighted by Crippen LogP contribution is 2.11. The van der Waals surface area contributed by atoms with Crippen LogP contribution in [0.15, 0.2) is 16.9 Å². The maximum atomic E-state index is 11.4. The fourth-order valence-corrected chi connectivity index (χ4v) is 1.27. The van der Waals surface area contributed by atoms with E-state index in [1.165, 1.54) is 0 Å². The Kier molecular flexibility index (Phi) is 4.09. The average Bonchev–Trinajstić information content (AvgIpc) is 2.60. The zero-order valence-corrected chi connectivity index (χ0v) is 9.36. The van der Waals surface area contributed by atoms with Crippen molar-refractivity contribution in [3.63, 3.8) is 0 Å². The molecule has 0 aromatic carbocycles. The topological polar surface area (TPSA) is 67.2 Å². The number of aromatic nitrogens is 2. The zero-order chi connectivity index (χ0) is 10.6. The summed E-state index contributed by atoms with van der Waals surface area (Å²) < 4.78 is 2.39. The number of carbonyl (C=O) groups is 1. The van der Waals surface area contributed by atoms with Gasteiger partial charge in [0, 0.05) is 12.7 Å². The molecule has 2 N–H and O–H groups in total. The highest BCUT2D eigenvalue weighted by molar-refractivity contribution is 9.10. The van der Waals surface area contributed by atoms with Gasteiger partial charge in [-0.1, -0.05) is 0 Å². The fraction of sp³-hybridized carbons (Fsp3) is 0.500. The van der Waals surface area contributed by atoms with Gasteiger partial charge in [-0.2, -0.15) is 5.10 Å². The molecule has 5 nitrogen and oxygen atoms in total. The number of carbonyl (C=O) groups excluding carboxylic acids is 1. The van der Waals surface area contributed by atoms with Crippen LogP contribution in [-0.2, 0) is 4.79 Å². The van der Waals surface area contributed by atoms with Crippen LogP contribution in [-0.4, -0.2) is 33.9 Å². The smallest absolute Gasteiger partial charge is 0.244 e. The number of rotatable bonds is 4. The van der Waals surface area contributed by atoms with Gasteiger partial charge in [-0.25, -0.2) is 0 Å². The van der Waals surface area contributed by atoms with E-state index in [1.807, 2.05) is 0 Å². The summed E-state index contributed by atoms with van der Waals surface area (Å²) in [5, 5.41) is 15.1. The van der Waals surface area contributed by atoms with Crippen molar-refractivity contribution in [2.75, 3.05) is 13.2 Å². The summed E-state index contributed by atoms with van der Waals surface area (Å²) in [6, 6.07) is -0.368. The summed E-state index contributed by atoms with van der Waals surface area (Å²) in [6.07, 6.45) is 3.35. The second-order valence-electron chi connectivity index (χ2n) is 2.83. The molecule has 1 aromatic heterocycles. The molecule has 78 valence electrons. The summed E-state index contributed by atoms with van der Waals surface area (Å²) in [4.78, 5) is 11.4. The fourth-order valence-electron chi connectivity index (χ4n) is 0.974. The van der Waals surface area contributed by atoms with Crippen molar-refractivity contribution in [1.29, 1.82) is 0 Å². The minimum atomic E-state index is -0.368. The number of hydrogen-bond donors (Lipinski definition) is 2. The van der Waals surface area contributed by atoms with Gasteiger partial charge in [0.1, 0.15) is 6.04 Å². The Morgan fingerprint density at radius 2 is 2.57 bits per heavy atom. The van der Waals surface area contributed by atoms with Gasteiger partial charge in [0.2, 0.25) is 5.91 Å². The van der Waals surface area contributed by atoms with E-state index in [-0.39, 0.29) is 25.1 Å². The maximum Gasteiger partial charge on any atom is 0.244 e. The molecule has 0 saturated heterocycles. The average molecular weight is 262 g/mol. The van der Waals surface area contributed by atoms with Crippen LogP contribution in [0.3, 0.4) is 0 Å². The molecule has 6 heteroatoms. The molecule has 0 aliphatic rings. The number of hydrogen-bond acceptors (Lipinski definition) is 3. The van der Waals surface area contributed by atoms with Crippen molar-refractivity contribution in [2.45, 2.75) is 13.0 Å². The van der Waals surface area contributed by atoms with Crippen LogP contribution in [0.25, 0.3) is 0 Å². The molecule has 1 heterocycles. The second kappa shape index (κ2) is 5.11. The first-order valence-corrected chi connectivity index (χ1v) is 5.02. The summed E-state index contributed by atoms with van der Waals surface area (Å²) in [7, 11) is 0. The van der Waals surface area contributed by atoms with Crippen molar-refractivity contribution < 1.29 is 9.90 Å². The molecule has 0 radical (unpaired) electrons. The molecule has 0 aliphatic carbocycles. The number of halogens is 1. The predicted octanol–water partition coefficient (Wildman–Crippen LogP) is 0.315. The van der Waals surface area contributed by atoms with Crippen molar-refractivity contribution in [2.24, 2.45) is 0 Å². The molecular weight excluding hydrogens is 250 g/mol. The van der Waals surface area contributed by atoms with E-state index in [1.54, 1.807) is 24.0 Å². The monoisotopic (exact) mass is 261 g/mol. The van der Waals surface area contributed by atoms with Gasteiger partial charge in [-0.3, -0.25) is 9.48 Å². The van der Waals surface area contributed by atoms with E-state index < -0.39 is 0 Å². The first-order chi connectivity index (χ1) is 6.65. The number of nitrogens with one attached hydrogen (secondary N) is 1. The van der Waals surface area contributed by atoms with Crippen LogP contribution in [0.4, 0.5) is 0 Å². The Labute approximate surface area is 90.2 Å². The minimum Gasteiger partial charge on any atom is -0.395 e. The van der Waals surface area contributed by atoms with Gasteiger partial charge in [0.05, 0.1) is 17.3 Å². The predicted molar refractivity (Wildman–Crippen MR) is 54.7 cm³/mol. The molecule has 0 spiro atoms. The summed E-state index contributed by atoms with van der Waals surface area (Å²) in [5.74, 6) is -0.158. The number of amides is 1. The normalized spacial score (nSPS) is 12.5. The van der Waals surface area contributed by atoms with Gasteiger partial charge in [0.15, 0.2) is 0 Å². The van der Waals surface area contributed by atoms with Gasteiger partial charge in [-0.15, -0.1) is 0 Å². The lowest BCUT2D eigenvalue weighted by Crippen LogP contribution is -2.33. The SMILES string of the molecule is CC(C(=O)NCCO)n1cc(Br)cn1.